The van der Waals surface area contributed by atoms with Gasteiger partial charge in [0, 0.05) is 0 Å². The van der Waals surface area contributed by atoms with Gasteiger partial charge in [0.25, 0.3) is 5.91 Å². The van der Waals surface area contributed by atoms with Crippen LogP contribution in [0.25, 0.3) is 6.08 Å². The van der Waals surface area contributed by atoms with Crippen LogP contribution < -0.4 is 5.32 Å². The number of carbonyl (C=O) groups excluding carboxylic acids is 2. The molecule has 1 saturated heterocycles. The van der Waals surface area contributed by atoms with Crippen molar-refractivity contribution < 1.29 is 14.3 Å². The third-order valence-corrected chi connectivity index (χ3v) is 1.94. The Morgan fingerprint density at radius 3 is 2.67 bits per heavy atom. The van der Waals surface area contributed by atoms with E-state index in [1.54, 1.807) is 6.08 Å². The number of amides is 1. The maximum atomic E-state index is 11.2. The summed E-state index contributed by atoms with van der Waals surface area (Å²) in [6.07, 6.45) is 1.58. The molecule has 1 aliphatic rings. The maximum absolute atomic E-state index is 11.2. The van der Waals surface area contributed by atoms with Crippen LogP contribution in [0.1, 0.15) is 5.56 Å². The minimum atomic E-state index is -0.501. The molecule has 1 fully saturated rings. The number of cyclic esters (lactones) is 1. The fourth-order valence-corrected chi connectivity index (χ4v) is 1.26. The highest BCUT2D eigenvalue weighted by molar-refractivity contribution is 6.01. The molecule has 0 bridgehead atoms. The molecule has 0 atom stereocenters. The van der Waals surface area contributed by atoms with E-state index in [1.165, 1.54) is 0 Å². The lowest BCUT2D eigenvalue weighted by Gasteiger charge is -2.14. The molecule has 0 aliphatic carbocycles. The van der Waals surface area contributed by atoms with Gasteiger partial charge in [-0.3, -0.25) is 4.79 Å². The Morgan fingerprint density at radius 1 is 1.20 bits per heavy atom. The van der Waals surface area contributed by atoms with Gasteiger partial charge in [0.15, 0.2) is 6.61 Å². The average molecular weight is 203 g/mol. The molecule has 4 nitrogen and oxygen atoms in total. The van der Waals surface area contributed by atoms with E-state index in [9.17, 15) is 9.59 Å². The third kappa shape index (κ3) is 2.22. The summed E-state index contributed by atoms with van der Waals surface area (Å²) < 4.78 is 4.66. The molecule has 1 aromatic carbocycles. The molecule has 0 spiro atoms. The van der Waals surface area contributed by atoms with Crippen LogP contribution in [0.5, 0.6) is 0 Å². The molecule has 4 heteroatoms. The minimum absolute atomic E-state index is 0.178. The molecule has 1 N–H and O–H groups in total. The molecule has 76 valence electrons. The van der Waals surface area contributed by atoms with Gasteiger partial charge < -0.3 is 10.1 Å². The highest BCUT2D eigenvalue weighted by atomic mass is 16.5. The Hall–Kier alpha value is -2.10. The Morgan fingerprint density at radius 2 is 1.93 bits per heavy atom. The molecule has 1 aromatic rings. The lowest BCUT2D eigenvalue weighted by Crippen LogP contribution is -2.38. The van der Waals surface area contributed by atoms with Crippen LogP contribution in [-0.2, 0) is 14.3 Å². The first-order valence-electron chi connectivity index (χ1n) is 4.49. The van der Waals surface area contributed by atoms with E-state index in [0.29, 0.717) is 0 Å². The van der Waals surface area contributed by atoms with E-state index in [-0.39, 0.29) is 18.2 Å². The van der Waals surface area contributed by atoms with Crippen molar-refractivity contribution in [3.05, 3.63) is 41.6 Å². The number of hydrogen-bond donors (Lipinski definition) is 1. The number of ether oxygens (including phenoxy) is 1. The molecule has 15 heavy (non-hydrogen) atoms. The monoisotopic (exact) mass is 203 g/mol. The molecule has 0 saturated carbocycles. The van der Waals surface area contributed by atoms with E-state index in [0.717, 1.165) is 5.56 Å². The van der Waals surface area contributed by atoms with Crippen molar-refractivity contribution in [1.82, 2.24) is 5.32 Å². The summed E-state index contributed by atoms with van der Waals surface area (Å²) in [5.74, 6) is -0.810. The van der Waals surface area contributed by atoms with Gasteiger partial charge in [0.05, 0.1) is 0 Å². The molecule has 2 rings (SSSR count). The second-order valence-electron chi connectivity index (χ2n) is 3.09. The maximum Gasteiger partial charge on any atom is 0.355 e. The van der Waals surface area contributed by atoms with Crippen molar-refractivity contribution in [2.24, 2.45) is 0 Å². The van der Waals surface area contributed by atoms with Gasteiger partial charge in [-0.15, -0.1) is 0 Å². The zero-order valence-electron chi connectivity index (χ0n) is 7.90. The largest absolute Gasteiger partial charge is 0.451 e. The number of benzene rings is 1. The van der Waals surface area contributed by atoms with Crippen molar-refractivity contribution in [3.63, 3.8) is 0 Å². The molecule has 1 aliphatic heterocycles. The van der Waals surface area contributed by atoms with Gasteiger partial charge in [0.1, 0.15) is 5.70 Å². The van der Waals surface area contributed by atoms with Gasteiger partial charge in [-0.1, -0.05) is 30.3 Å². The summed E-state index contributed by atoms with van der Waals surface area (Å²) in [4.78, 5) is 22.2. The summed E-state index contributed by atoms with van der Waals surface area (Å²) in [5.41, 5.74) is 1.02. The Labute approximate surface area is 86.5 Å². The second kappa shape index (κ2) is 3.96. The van der Waals surface area contributed by atoms with Crippen molar-refractivity contribution in [2.45, 2.75) is 0 Å². The summed E-state index contributed by atoms with van der Waals surface area (Å²) in [5, 5.41) is 2.46. The molecule has 0 radical (unpaired) electrons. The van der Waals surface area contributed by atoms with Gasteiger partial charge in [-0.2, -0.15) is 0 Å². The molecule has 1 amide bonds. The van der Waals surface area contributed by atoms with E-state index in [2.05, 4.69) is 10.1 Å². The third-order valence-electron chi connectivity index (χ3n) is 1.94. The zero-order valence-corrected chi connectivity index (χ0v) is 7.90. The van der Waals surface area contributed by atoms with Crippen LogP contribution in [0.15, 0.2) is 36.0 Å². The Kier molecular flexibility index (Phi) is 2.49. The lowest BCUT2D eigenvalue weighted by atomic mass is 10.2. The predicted octanol–water partition coefficient (Wildman–Crippen LogP) is 0.701. The van der Waals surface area contributed by atoms with Crippen molar-refractivity contribution >= 4 is 18.0 Å². The van der Waals surface area contributed by atoms with Crippen LogP contribution in [-0.4, -0.2) is 18.5 Å². The van der Waals surface area contributed by atoms with Crippen molar-refractivity contribution in [3.8, 4) is 0 Å². The molecular formula is C11H9NO3. The number of morpholine rings is 1. The van der Waals surface area contributed by atoms with E-state index < -0.39 is 5.97 Å². The van der Waals surface area contributed by atoms with Gasteiger partial charge in [0.2, 0.25) is 0 Å². The molecule has 0 unspecified atom stereocenters. The smallest absolute Gasteiger partial charge is 0.355 e. The summed E-state index contributed by atoms with van der Waals surface area (Å²) in [6.45, 7) is -0.203. The van der Waals surface area contributed by atoms with Crippen LogP contribution in [0.4, 0.5) is 0 Å². The van der Waals surface area contributed by atoms with Crippen LogP contribution in [0.3, 0.4) is 0 Å². The summed E-state index contributed by atoms with van der Waals surface area (Å²) in [6, 6.07) is 9.24. The van der Waals surface area contributed by atoms with Gasteiger partial charge in [-0.25, -0.2) is 4.79 Å². The topological polar surface area (TPSA) is 55.4 Å². The quantitative estimate of drug-likeness (QED) is 0.540. The molecule has 0 aromatic heterocycles. The summed E-state index contributed by atoms with van der Waals surface area (Å²) >= 11 is 0. The fraction of sp³-hybridized carbons (Fsp3) is 0.0909. The average Bonchev–Trinajstić information content (AvgIpc) is 2.25. The Bertz CT molecular complexity index is 423. The van der Waals surface area contributed by atoms with Crippen LogP contribution in [0.2, 0.25) is 0 Å². The van der Waals surface area contributed by atoms with Crippen LogP contribution >= 0.6 is 0 Å². The first kappa shape index (κ1) is 9.45. The highest BCUT2D eigenvalue weighted by Crippen LogP contribution is 2.08. The van der Waals surface area contributed by atoms with Crippen molar-refractivity contribution in [1.29, 1.82) is 0 Å². The number of rotatable bonds is 1. The SMILES string of the molecule is O=C1COC(=O)C(=Cc2ccccc2)N1. The fourth-order valence-electron chi connectivity index (χ4n) is 1.26. The number of nitrogens with one attached hydrogen (secondary N) is 1. The summed E-state index contributed by atoms with van der Waals surface area (Å²) in [7, 11) is 0. The van der Waals surface area contributed by atoms with E-state index >= 15 is 0 Å². The van der Waals surface area contributed by atoms with Gasteiger partial charge in [-0.05, 0) is 11.6 Å². The highest BCUT2D eigenvalue weighted by Gasteiger charge is 2.21. The second-order valence-corrected chi connectivity index (χ2v) is 3.09. The van der Waals surface area contributed by atoms with Crippen molar-refractivity contribution in [2.75, 3.05) is 6.61 Å². The lowest BCUT2D eigenvalue weighted by molar-refractivity contribution is -0.149. The van der Waals surface area contributed by atoms with E-state index in [4.69, 9.17) is 0 Å². The molecule has 1 heterocycles. The Balaban J connectivity index is 2.25. The molecular weight excluding hydrogens is 194 g/mol. The van der Waals surface area contributed by atoms with Crippen LogP contribution in [0, 0.1) is 0 Å². The first-order valence-corrected chi connectivity index (χ1v) is 4.49. The standard InChI is InChI=1S/C11H9NO3/c13-10-7-15-11(14)9(12-10)6-8-4-2-1-3-5-8/h1-6H,7H2,(H,12,13). The predicted molar refractivity (Wildman–Crippen MR) is 53.5 cm³/mol. The number of carbonyl (C=O) groups is 2. The first-order chi connectivity index (χ1) is 7.25. The number of esters is 1. The minimum Gasteiger partial charge on any atom is -0.451 e. The van der Waals surface area contributed by atoms with Gasteiger partial charge >= 0.3 is 5.97 Å². The van der Waals surface area contributed by atoms with E-state index in [1.807, 2.05) is 30.3 Å². The number of hydrogen-bond acceptors (Lipinski definition) is 3. The normalized spacial score (nSPS) is 18.5. The zero-order chi connectivity index (χ0) is 10.7.